The molecule has 4 nitrogen and oxygen atoms in total. The van der Waals surface area contributed by atoms with E-state index in [2.05, 4.69) is 10.6 Å². The van der Waals surface area contributed by atoms with Crippen LogP contribution in [0.5, 0.6) is 0 Å². The Morgan fingerprint density at radius 3 is 2.25 bits per heavy atom. The van der Waals surface area contributed by atoms with Gasteiger partial charge in [0.1, 0.15) is 0 Å². The van der Waals surface area contributed by atoms with Gasteiger partial charge in [-0.15, -0.1) is 0 Å². The van der Waals surface area contributed by atoms with E-state index in [1.165, 1.54) is 0 Å². The van der Waals surface area contributed by atoms with Gasteiger partial charge in [-0.2, -0.15) is 10.5 Å². The molecule has 0 saturated carbocycles. The third-order valence-corrected chi connectivity index (χ3v) is 1.42. The highest BCUT2D eigenvalue weighted by molar-refractivity contribution is 4.87. The zero-order valence-electron chi connectivity index (χ0n) is 7.52. The number of nitrogens with one attached hydrogen (secondary N) is 2. The summed E-state index contributed by atoms with van der Waals surface area (Å²) < 4.78 is 0. The van der Waals surface area contributed by atoms with Gasteiger partial charge in [-0.3, -0.25) is 5.32 Å². The molecule has 0 atom stereocenters. The number of nitrogens with zero attached hydrogens (tertiary/aromatic N) is 2. The second-order valence-electron chi connectivity index (χ2n) is 3.16. The van der Waals surface area contributed by atoms with E-state index < -0.39 is 0 Å². The Kier molecular flexibility index (Phi) is 5.03. The fourth-order valence-electron chi connectivity index (χ4n) is 0.772. The van der Waals surface area contributed by atoms with Crippen LogP contribution in [0.25, 0.3) is 0 Å². The minimum Gasteiger partial charge on any atom is -0.303 e. The van der Waals surface area contributed by atoms with Crippen molar-refractivity contribution >= 4 is 0 Å². The lowest BCUT2D eigenvalue weighted by molar-refractivity contribution is 0.390. The van der Waals surface area contributed by atoms with Crippen LogP contribution in [0, 0.1) is 22.7 Å². The molecule has 0 fully saturated rings. The van der Waals surface area contributed by atoms with E-state index in [9.17, 15) is 0 Å². The van der Waals surface area contributed by atoms with Gasteiger partial charge in [-0.1, -0.05) is 0 Å². The van der Waals surface area contributed by atoms with Crippen LogP contribution in [0.1, 0.15) is 13.8 Å². The van der Waals surface area contributed by atoms with Crippen LogP contribution < -0.4 is 10.6 Å². The number of rotatable bonds is 5. The molecule has 0 bridgehead atoms. The molecule has 12 heavy (non-hydrogen) atoms. The van der Waals surface area contributed by atoms with Gasteiger partial charge in [-0.25, -0.2) is 0 Å². The van der Waals surface area contributed by atoms with E-state index in [0.717, 1.165) is 0 Å². The molecular weight excluding hydrogens is 152 g/mol. The quantitative estimate of drug-likeness (QED) is 0.445. The monoisotopic (exact) mass is 166 g/mol. The molecule has 4 heteroatoms. The number of hydrogen-bond donors (Lipinski definition) is 2. The first-order valence-corrected chi connectivity index (χ1v) is 3.82. The molecule has 2 N–H and O–H groups in total. The normalized spacial score (nSPS) is 10.3. The van der Waals surface area contributed by atoms with E-state index in [4.69, 9.17) is 10.5 Å². The van der Waals surface area contributed by atoms with E-state index in [-0.39, 0.29) is 5.54 Å². The molecule has 0 aromatic heterocycles. The van der Waals surface area contributed by atoms with Gasteiger partial charge in [0, 0.05) is 12.1 Å². The molecule has 0 aliphatic carbocycles. The maximum Gasteiger partial charge on any atom is 0.0845 e. The van der Waals surface area contributed by atoms with Crippen molar-refractivity contribution in [1.82, 2.24) is 10.6 Å². The maximum absolute atomic E-state index is 8.32. The van der Waals surface area contributed by atoms with Crippen molar-refractivity contribution in [3.63, 3.8) is 0 Å². The third-order valence-electron chi connectivity index (χ3n) is 1.42. The maximum atomic E-state index is 8.32. The highest BCUT2D eigenvalue weighted by atomic mass is 15.0. The molecule has 0 aromatic rings. The largest absolute Gasteiger partial charge is 0.303 e. The lowest BCUT2D eigenvalue weighted by Crippen LogP contribution is -2.47. The minimum atomic E-state index is -0.132. The fraction of sp³-hybridized carbons (Fsp3) is 0.750. The topological polar surface area (TPSA) is 71.6 Å². The summed E-state index contributed by atoms with van der Waals surface area (Å²) in [4.78, 5) is 0. The standard InChI is InChI=1S/C8H14N4/c1-8(2,12-6-4-10)7-11-5-3-9/h11-12H,5-7H2,1-2H3. The highest BCUT2D eigenvalue weighted by Crippen LogP contribution is 1.97. The summed E-state index contributed by atoms with van der Waals surface area (Å²) in [6.45, 7) is 5.32. The molecule has 0 amide bonds. The van der Waals surface area contributed by atoms with Crippen molar-refractivity contribution in [3.05, 3.63) is 0 Å². The van der Waals surface area contributed by atoms with Crippen LogP contribution in [-0.4, -0.2) is 25.2 Å². The van der Waals surface area contributed by atoms with Crippen molar-refractivity contribution in [3.8, 4) is 12.1 Å². The van der Waals surface area contributed by atoms with Crippen LogP contribution in [0.3, 0.4) is 0 Å². The SMILES string of the molecule is CC(C)(CNCC#N)NCC#N. The van der Waals surface area contributed by atoms with Gasteiger partial charge in [0.2, 0.25) is 0 Å². The molecule has 0 radical (unpaired) electrons. The summed E-state index contributed by atoms with van der Waals surface area (Å²) in [6, 6.07) is 4.00. The van der Waals surface area contributed by atoms with Crippen molar-refractivity contribution in [2.45, 2.75) is 19.4 Å². The Morgan fingerprint density at radius 1 is 1.17 bits per heavy atom. The van der Waals surface area contributed by atoms with Crippen molar-refractivity contribution in [2.75, 3.05) is 19.6 Å². The Hall–Kier alpha value is -1.10. The molecular formula is C8H14N4. The summed E-state index contributed by atoms with van der Waals surface area (Å²) >= 11 is 0. The molecule has 66 valence electrons. The first kappa shape index (κ1) is 10.9. The zero-order chi connectivity index (χ0) is 9.45. The van der Waals surface area contributed by atoms with Gasteiger partial charge in [0.15, 0.2) is 0 Å². The molecule has 0 aromatic carbocycles. The molecule has 0 heterocycles. The fourth-order valence-corrected chi connectivity index (χ4v) is 0.772. The van der Waals surface area contributed by atoms with Crippen molar-refractivity contribution < 1.29 is 0 Å². The summed E-state index contributed by atoms with van der Waals surface area (Å²) in [5.41, 5.74) is -0.132. The third kappa shape index (κ3) is 5.67. The van der Waals surface area contributed by atoms with Crippen LogP contribution in [-0.2, 0) is 0 Å². The van der Waals surface area contributed by atoms with Gasteiger partial charge in [0.25, 0.3) is 0 Å². The Bertz CT molecular complexity index is 196. The molecule has 0 spiro atoms. The van der Waals surface area contributed by atoms with Crippen LogP contribution in [0.2, 0.25) is 0 Å². The molecule has 0 rings (SSSR count). The lowest BCUT2D eigenvalue weighted by atomic mass is 10.1. The first-order chi connectivity index (χ1) is 5.62. The molecule has 0 saturated heterocycles. The number of hydrogen-bond acceptors (Lipinski definition) is 4. The van der Waals surface area contributed by atoms with E-state index >= 15 is 0 Å². The second-order valence-corrected chi connectivity index (χ2v) is 3.16. The lowest BCUT2D eigenvalue weighted by Gasteiger charge is -2.24. The Labute approximate surface area is 73.2 Å². The summed E-state index contributed by atoms with van der Waals surface area (Å²) in [7, 11) is 0. The van der Waals surface area contributed by atoms with E-state index in [1.807, 2.05) is 26.0 Å². The zero-order valence-corrected chi connectivity index (χ0v) is 7.52. The average molecular weight is 166 g/mol. The summed E-state index contributed by atoms with van der Waals surface area (Å²) in [6.07, 6.45) is 0. The number of nitriles is 2. The second kappa shape index (κ2) is 5.54. The van der Waals surface area contributed by atoms with Crippen molar-refractivity contribution in [1.29, 1.82) is 10.5 Å². The smallest absolute Gasteiger partial charge is 0.0845 e. The molecule has 0 aliphatic rings. The molecule has 0 aliphatic heterocycles. The first-order valence-electron chi connectivity index (χ1n) is 3.82. The summed E-state index contributed by atoms with van der Waals surface area (Å²) in [5, 5.41) is 22.6. The van der Waals surface area contributed by atoms with Crippen molar-refractivity contribution in [2.24, 2.45) is 0 Å². The van der Waals surface area contributed by atoms with Crippen LogP contribution in [0.15, 0.2) is 0 Å². The predicted molar refractivity (Wildman–Crippen MR) is 46.2 cm³/mol. The Balaban J connectivity index is 3.59. The average Bonchev–Trinajstić information content (AvgIpc) is 2.01. The van der Waals surface area contributed by atoms with Gasteiger partial charge in [0.05, 0.1) is 25.2 Å². The predicted octanol–water partition coefficient (Wildman–Crippen LogP) is -0.00864. The molecule has 0 unspecified atom stereocenters. The minimum absolute atomic E-state index is 0.132. The van der Waals surface area contributed by atoms with Crippen LogP contribution >= 0.6 is 0 Å². The van der Waals surface area contributed by atoms with E-state index in [0.29, 0.717) is 19.6 Å². The van der Waals surface area contributed by atoms with Gasteiger partial charge < -0.3 is 5.32 Å². The van der Waals surface area contributed by atoms with E-state index in [1.54, 1.807) is 0 Å². The highest BCUT2D eigenvalue weighted by Gasteiger charge is 2.14. The summed E-state index contributed by atoms with van der Waals surface area (Å²) in [5.74, 6) is 0. The van der Waals surface area contributed by atoms with Gasteiger partial charge in [-0.05, 0) is 13.8 Å². The van der Waals surface area contributed by atoms with Crippen LogP contribution in [0.4, 0.5) is 0 Å². The van der Waals surface area contributed by atoms with Gasteiger partial charge >= 0.3 is 0 Å². The Morgan fingerprint density at radius 2 is 1.75 bits per heavy atom.